The highest BCUT2D eigenvalue weighted by molar-refractivity contribution is 7.97. The van der Waals surface area contributed by atoms with E-state index in [2.05, 4.69) is 15.5 Å². The Morgan fingerprint density at radius 1 is 1.38 bits per heavy atom. The van der Waals surface area contributed by atoms with Gasteiger partial charge in [0.2, 0.25) is 11.8 Å². The maximum atomic E-state index is 11.9. The molecular formula is C15H21ClN4O3S. The second-order valence-electron chi connectivity index (χ2n) is 4.75. The van der Waals surface area contributed by atoms with Gasteiger partial charge in [0.1, 0.15) is 12.4 Å². The number of hydrogen-bond acceptors (Lipinski definition) is 7. The lowest BCUT2D eigenvalue weighted by Gasteiger charge is -2.07. The number of hydrogen-bond donors (Lipinski definition) is 2. The summed E-state index contributed by atoms with van der Waals surface area (Å²) in [6.45, 7) is 0.932. The number of amides is 1. The van der Waals surface area contributed by atoms with Crippen molar-refractivity contribution in [1.29, 1.82) is 0 Å². The van der Waals surface area contributed by atoms with Gasteiger partial charge in [-0.05, 0) is 30.5 Å². The number of anilines is 1. The summed E-state index contributed by atoms with van der Waals surface area (Å²) in [7, 11) is 0. The van der Waals surface area contributed by atoms with Crippen LogP contribution in [0.4, 0.5) is 5.69 Å². The van der Waals surface area contributed by atoms with Crippen molar-refractivity contribution in [2.24, 2.45) is 5.73 Å². The zero-order valence-corrected chi connectivity index (χ0v) is 15.0. The number of carbonyl (C=O) groups is 1. The van der Waals surface area contributed by atoms with E-state index in [1.807, 2.05) is 6.26 Å². The van der Waals surface area contributed by atoms with Gasteiger partial charge in [0.25, 0.3) is 0 Å². The maximum Gasteiger partial charge on any atom is 0.227 e. The molecule has 0 radical (unpaired) electrons. The number of ether oxygens (including phenoxy) is 1. The van der Waals surface area contributed by atoms with E-state index < -0.39 is 0 Å². The lowest BCUT2D eigenvalue weighted by Crippen LogP contribution is -2.13. The van der Waals surface area contributed by atoms with Crippen LogP contribution in [0.3, 0.4) is 0 Å². The molecule has 9 heteroatoms. The zero-order valence-electron chi connectivity index (χ0n) is 13.4. The summed E-state index contributed by atoms with van der Waals surface area (Å²) in [4.78, 5) is 16.1. The minimum absolute atomic E-state index is 0. The third-order valence-electron chi connectivity index (χ3n) is 2.87. The smallest absolute Gasteiger partial charge is 0.227 e. The fourth-order valence-electron chi connectivity index (χ4n) is 1.83. The van der Waals surface area contributed by atoms with Gasteiger partial charge in [-0.1, -0.05) is 5.16 Å². The molecule has 1 aromatic carbocycles. The summed E-state index contributed by atoms with van der Waals surface area (Å²) in [5.74, 6) is 2.45. The topological polar surface area (TPSA) is 103 Å². The molecule has 0 fully saturated rings. The van der Waals surface area contributed by atoms with Gasteiger partial charge in [-0.3, -0.25) is 4.79 Å². The largest absolute Gasteiger partial charge is 0.492 e. The highest BCUT2D eigenvalue weighted by Gasteiger charge is 2.09. The first-order chi connectivity index (χ1) is 11.2. The number of carbonyl (C=O) groups excluding carboxylic acids is 1. The molecular weight excluding hydrogens is 352 g/mol. The molecule has 0 unspecified atom stereocenters. The molecule has 0 aliphatic heterocycles. The second-order valence-corrected chi connectivity index (χ2v) is 5.61. The van der Waals surface area contributed by atoms with Crippen molar-refractivity contribution in [2.75, 3.05) is 24.7 Å². The predicted octanol–water partition coefficient (Wildman–Crippen LogP) is 2.26. The Kier molecular flexibility index (Phi) is 9.21. The van der Waals surface area contributed by atoms with E-state index in [9.17, 15) is 4.79 Å². The van der Waals surface area contributed by atoms with Gasteiger partial charge in [-0.2, -0.15) is 16.7 Å². The molecule has 1 heterocycles. The van der Waals surface area contributed by atoms with Gasteiger partial charge in [-0.15, -0.1) is 12.4 Å². The van der Waals surface area contributed by atoms with Crippen LogP contribution in [-0.2, 0) is 17.0 Å². The van der Waals surface area contributed by atoms with Crippen molar-refractivity contribution >= 4 is 35.8 Å². The first-order valence-corrected chi connectivity index (χ1v) is 8.64. The van der Waals surface area contributed by atoms with Crippen LogP contribution in [-0.4, -0.2) is 35.5 Å². The molecule has 132 valence electrons. The summed E-state index contributed by atoms with van der Waals surface area (Å²) >= 11 is 1.62. The number of rotatable bonds is 9. The molecule has 0 spiro atoms. The average Bonchev–Trinajstić information content (AvgIpc) is 3.00. The minimum atomic E-state index is -0.106. The molecule has 2 aromatic rings. The quantitative estimate of drug-likeness (QED) is 0.695. The van der Waals surface area contributed by atoms with E-state index >= 15 is 0 Å². The highest BCUT2D eigenvalue weighted by Crippen LogP contribution is 2.16. The third kappa shape index (κ3) is 6.77. The number of benzene rings is 1. The second kappa shape index (κ2) is 10.9. The summed E-state index contributed by atoms with van der Waals surface area (Å²) < 4.78 is 10.5. The molecule has 2 rings (SSSR count). The van der Waals surface area contributed by atoms with E-state index in [0.717, 1.165) is 5.75 Å². The number of aromatic nitrogens is 2. The lowest BCUT2D eigenvalue weighted by molar-refractivity contribution is -0.116. The maximum absolute atomic E-state index is 11.9. The number of halogens is 1. The van der Waals surface area contributed by atoms with Crippen LogP contribution in [0.15, 0.2) is 28.8 Å². The fraction of sp³-hybridized carbons (Fsp3) is 0.400. The molecule has 0 aliphatic carbocycles. The van der Waals surface area contributed by atoms with Crippen LogP contribution >= 0.6 is 24.2 Å². The van der Waals surface area contributed by atoms with Crippen molar-refractivity contribution in [3.8, 4) is 5.75 Å². The van der Waals surface area contributed by atoms with Crippen molar-refractivity contribution in [2.45, 2.75) is 18.6 Å². The monoisotopic (exact) mass is 372 g/mol. The Balaban J connectivity index is 0.00000288. The number of nitrogens with zero attached hydrogens (tertiary/aromatic N) is 2. The van der Waals surface area contributed by atoms with Crippen LogP contribution in [0, 0.1) is 0 Å². The number of nitrogens with one attached hydrogen (secondary N) is 1. The Labute approximate surface area is 151 Å². The van der Waals surface area contributed by atoms with Crippen molar-refractivity contribution in [3.05, 3.63) is 36.0 Å². The summed E-state index contributed by atoms with van der Waals surface area (Å²) in [6.07, 6.45) is 2.67. The Hall–Kier alpha value is -1.77. The van der Waals surface area contributed by atoms with Gasteiger partial charge in [-0.25, -0.2) is 0 Å². The molecule has 0 saturated carbocycles. The van der Waals surface area contributed by atoms with Crippen LogP contribution in [0.1, 0.15) is 18.1 Å². The highest BCUT2D eigenvalue weighted by atomic mass is 35.5. The van der Waals surface area contributed by atoms with Crippen LogP contribution in [0.2, 0.25) is 0 Å². The summed E-state index contributed by atoms with van der Waals surface area (Å²) in [6, 6.07) is 7.15. The zero-order chi connectivity index (χ0) is 16.5. The molecule has 0 aliphatic rings. The molecule has 0 bridgehead atoms. The first kappa shape index (κ1) is 20.3. The van der Waals surface area contributed by atoms with Gasteiger partial charge in [0.15, 0.2) is 5.82 Å². The molecule has 0 atom stereocenters. The number of thioether (sulfide) groups is 1. The van der Waals surface area contributed by atoms with Gasteiger partial charge < -0.3 is 20.3 Å². The molecule has 3 N–H and O–H groups in total. The van der Waals surface area contributed by atoms with E-state index in [1.54, 1.807) is 36.0 Å². The van der Waals surface area contributed by atoms with E-state index in [1.165, 1.54) is 0 Å². The Morgan fingerprint density at radius 3 is 2.79 bits per heavy atom. The molecule has 1 aromatic heterocycles. The first-order valence-electron chi connectivity index (χ1n) is 7.24. The summed E-state index contributed by atoms with van der Waals surface area (Å²) in [5, 5.41) is 6.65. The summed E-state index contributed by atoms with van der Waals surface area (Å²) in [5.41, 5.74) is 6.08. The number of nitrogens with two attached hydrogens (primary N) is 1. The average molecular weight is 373 g/mol. The fourth-order valence-corrected chi connectivity index (χ4v) is 2.21. The van der Waals surface area contributed by atoms with Crippen molar-refractivity contribution < 1.29 is 14.1 Å². The van der Waals surface area contributed by atoms with Crippen LogP contribution < -0.4 is 15.8 Å². The number of aryl methyl sites for hydroxylation is 1. The van der Waals surface area contributed by atoms with Crippen LogP contribution in [0.5, 0.6) is 5.75 Å². The van der Waals surface area contributed by atoms with Crippen LogP contribution in [0.25, 0.3) is 0 Å². The molecule has 24 heavy (non-hydrogen) atoms. The van der Waals surface area contributed by atoms with Gasteiger partial charge >= 0.3 is 0 Å². The molecule has 0 saturated heterocycles. The van der Waals surface area contributed by atoms with Gasteiger partial charge in [0.05, 0.1) is 5.75 Å². The van der Waals surface area contributed by atoms with Crippen molar-refractivity contribution in [1.82, 2.24) is 10.1 Å². The standard InChI is InChI=1S/C15H20N4O3S.ClH/c1-23-10-13-18-15(22-19-13)7-6-14(20)17-11-2-4-12(5-3-11)21-9-8-16;/h2-5H,6-10,16H2,1H3,(H,17,20);1H. The third-order valence-corrected chi connectivity index (χ3v) is 3.42. The van der Waals surface area contributed by atoms with E-state index in [0.29, 0.717) is 42.7 Å². The predicted molar refractivity (Wildman–Crippen MR) is 96.7 cm³/mol. The Morgan fingerprint density at radius 2 is 2.12 bits per heavy atom. The lowest BCUT2D eigenvalue weighted by atomic mass is 10.2. The van der Waals surface area contributed by atoms with E-state index in [-0.39, 0.29) is 24.7 Å². The minimum Gasteiger partial charge on any atom is -0.492 e. The normalized spacial score (nSPS) is 10.1. The molecule has 7 nitrogen and oxygen atoms in total. The molecule has 1 amide bonds. The SMILES string of the molecule is CSCc1noc(CCC(=O)Nc2ccc(OCCN)cc2)n1.Cl. The van der Waals surface area contributed by atoms with E-state index in [4.69, 9.17) is 15.0 Å². The Bertz CT molecular complexity index is 621. The van der Waals surface area contributed by atoms with Crippen molar-refractivity contribution in [3.63, 3.8) is 0 Å². The van der Waals surface area contributed by atoms with Gasteiger partial charge in [0, 0.05) is 25.1 Å².